The number of carboxylic acids is 1. The minimum absolute atomic E-state index is 0.0250. The third kappa shape index (κ3) is 6.15. The Morgan fingerprint density at radius 2 is 1.68 bits per heavy atom. The standard InChI is InChI=1S/C29H31F5N2O4/c30-23-10-17(9-22(14-23)29(32,33)34)15-35-27(39)28(21-1-2-21)6-3-25(16-40-28)36-7-4-18(5-8-36)19-11-20(26(37)38)13-24(31)12-19/h9-14,18,21,25H,1-8,15-16H2,(H,35,39)(H,37,38)/t25-,28+/m1/s1. The Hall–Kier alpha value is -3.05. The summed E-state index contributed by atoms with van der Waals surface area (Å²) in [5.41, 5.74) is -1.51. The van der Waals surface area contributed by atoms with Crippen LogP contribution in [-0.2, 0) is 22.3 Å². The Bertz CT molecular complexity index is 1260. The Labute approximate surface area is 228 Å². The lowest BCUT2D eigenvalue weighted by molar-refractivity contribution is -0.165. The monoisotopic (exact) mass is 566 g/mol. The van der Waals surface area contributed by atoms with Crippen molar-refractivity contribution >= 4 is 11.9 Å². The summed E-state index contributed by atoms with van der Waals surface area (Å²) in [4.78, 5) is 26.9. The van der Waals surface area contributed by atoms with Crippen LogP contribution in [0.4, 0.5) is 22.0 Å². The van der Waals surface area contributed by atoms with Crippen LogP contribution in [0.2, 0.25) is 0 Å². The summed E-state index contributed by atoms with van der Waals surface area (Å²) in [6, 6.07) is 6.27. The summed E-state index contributed by atoms with van der Waals surface area (Å²) < 4.78 is 73.2. The fraction of sp³-hybridized carbons (Fsp3) is 0.517. The van der Waals surface area contributed by atoms with Crippen molar-refractivity contribution in [3.63, 3.8) is 0 Å². The molecule has 2 aliphatic heterocycles. The summed E-state index contributed by atoms with van der Waals surface area (Å²) in [5.74, 6) is -3.05. The summed E-state index contributed by atoms with van der Waals surface area (Å²) in [7, 11) is 0. The summed E-state index contributed by atoms with van der Waals surface area (Å²) in [6.07, 6.45) is -0.388. The molecule has 2 atom stereocenters. The molecule has 2 aromatic carbocycles. The van der Waals surface area contributed by atoms with Gasteiger partial charge in [-0.2, -0.15) is 13.2 Å². The largest absolute Gasteiger partial charge is 0.478 e. The SMILES string of the molecule is O=C(O)c1cc(F)cc(C2CCN([C@@H]3CC[C@@](C(=O)NCc4cc(F)cc(C(F)(F)F)c4)(C4CC4)OC3)CC2)c1. The number of hydrogen-bond acceptors (Lipinski definition) is 4. The summed E-state index contributed by atoms with van der Waals surface area (Å²) in [5, 5.41) is 11.9. The second kappa shape index (κ2) is 11.1. The predicted octanol–water partition coefficient (Wildman–Crippen LogP) is 5.51. The number of nitrogens with zero attached hydrogens (tertiary/aromatic N) is 1. The molecule has 2 saturated heterocycles. The van der Waals surface area contributed by atoms with Crippen molar-refractivity contribution in [2.45, 2.75) is 68.8 Å². The number of likely N-dealkylation sites (tertiary alicyclic amines) is 1. The maximum Gasteiger partial charge on any atom is 0.416 e. The van der Waals surface area contributed by atoms with Gasteiger partial charge in [0.2, 0.25) is 0 Å². The van der Waals surface area contributed by atoms with Crippen LogP contribution in [0.5, 0.6) is 0 Å². The van der Waals surface area contributed by atoms with Crippen LogP contribution in [0, 0.1) is 17.6 Å². The van der Waals surface area contributed by atoms with Gasteiger partial charge in [0.1, 0.15) is 17.2 Å². The third-order valence-corrected chi connectivity index (χ3v) is 8.43. The van der Waals surface area contributed by atoms with Crippen molar-refractivity contribution in [3.8, 4) is 0 Å². The number of aromatic carboxylic acids is 1. The number of piperidine rings is 1. The molecule has 40 heavy (non-hydrogen) atoms. The lowest BCUT2D eigenvalue weighted by atomic mass is 9.84. The van der Waals surface area contributed by atoms with Gasteiger partial charge >= 0.3 is 12.1 Å². The van der Waals surface area contributed by atoms with Gasteiger partial charge in [0, 0.05) is 12.6 Å². The highest BCUT2D eigenvalue weighted by Gasteiger charge is 2.54. The summed E-state index contributed by atoms with van der Waals surface area (Å²) in [6.45, 7) is 1.54. The first-order valence-electron chi connectivity index (χ1n) is 13.5. The highest BCUT2D eigenvalue weighted by Crippen LogP contribution is 2.47. The van der Waals surface area contributed by atoms with Crippen molar-refractivity contribution in [1.82, 2.24) is 10.2 Å². The molecule has 216 valence electrons. The Morgan fingerprint density at radius 3 is 2.27 bits per heavy atom. The molecule has 3 aliphatic rings. The number of halogens is 5. The van der Waals surface area contributed by atoms with E-state index in [-0.39, 0.29) is 41.5 Å². The zero-order valence-corrected chi connectivity index (χ0v) is 21.8. The van der Waals surface area contributed by atoms with E-state index in [1.807, 2.05) is 0 Å². The fourth-order valence-electron chi connectivity index (χ4n) is 6.12. The van der Waals surface area contributed by atoms with Crippen LogP contribution in [0.15, 0.2) is 36.4 Å². The quantitative estimate of drug-likeness (QED) is 0.433. The molecule has 2 aromatic rings. The van der Waals surface area contributed by atoms with E-state index in [1.54, 1.807) is 0 Å². The number of alkyl halides is 3. The van der Waals surface area contributed by atoms with Crippen LogP contribution < -0.4 is 5.32 Å². The van der Waals surface area contributed by atoms with Gasteiger partial charge in [-0.15, -0.1) is 0 Å². The van der Waals surface area contributed by atoms with Crippen LogP contribution in [0.1, 0.15) is 71.5 Å². The maximum atomic E-state index is 14.0. The lowest BCUT2D eigenvalue weighted by Gasteiger charge is -2.45. The lowest BCUT2D eigenvalue weighted by Crippen LogP contribution is -2.57. The fourth-order valence-corrected chi connectivity index (χ4v) is 6.12. The van der Waals surface area contributed by atoms with Gasteiger partial charge in [-0.05, 0) is 111 Å². The zero-order chi connectivity index (χ0) is 28.7. The second-order valence-electron chi connectivity index (χ2n) is 11.1. The molecule has 5 rings (SSSR count). The topological polar surface area (TPSA) is 78.9 Å². The first-order valence-corrected chi connectivity index (χ1v) is 13.5. The Morgan fingerprint density at radius 1 is 0.975 bits per heavy atom. The number of ether oxygens (including phenoxy) is 1. The molecule has 11 heteroatoms. The first-order chi connectivity index (χ1) is 18.9. The van der Waals surface area contributed by atoms with E-state index in [4.69, 9.17) is 4.74 Å². The summed E-state index contributed by atoms with van der Waals surface area (Å²) >= 11 is 0. The number of amides is 1. The number of hydrogen-bond donors (Lipinski definition) is 2. The molecule has 6 nitrogen and oxygen atoms in total. The van der Waals surface area contributed by atoms with E-state index in [0.29, 0.717) is 31.1 Å². The highest BCUT2D eigenvalue weighted by atomic mass is 19.4. The van der Waals surface area contributed by atoms with Crippen molar-refractivity contribution in [3.05, 3.63) is 70.3 Å². The molecular weight excluding hydrogens is 535 g/mol. The molecule has 0 bridgehead atoms. The number of carbonyl (C=O) groups is 2. The molecule has 2 heterocycles. The molecular formula is C29H31F5N2O4. The number of rotatable bonds is 7. The molecule has 0 radical (unpaired) electrons. The smallest absolute Gasteiger partial charge is 0.416 e. The van der Waals surface area contributed by atoms with Gasteiger partial charge in [-0.3, -0.25) is 9.69 Å². The van der Waals surface area contributed by atoms with Crippen molar-refractivity contribution in [2.24, 2.45) is 5.92 Å². The van der Waals surface area contributed by atoms with Gasteiger partial charge in [-0.25, -0.2) is 13.6 Å². The minimum atomic E-state index is -4.69. The normalized spacial score (nSPS) is 24.6. The molecule has 0 aromatic heterocycles. The average molecular weight is 567 g/mol. The van der Waals surface area contributed by atoms with E-state index < -0.39 is 34.9 Å². The van der Waals surface area contributed by atoms with Crippen molar-refractivity contribution < 1.29 is 41.4 Å². The van der Waals surface area contributed by atoms with E-state index in [9.17, 15) is 36.6 Å². The molecule has 1 saturated carbocycles. The molecule has 0 unspecified atom stereocenters. The molecule has 2 N–H and O–H groups in total. The predicted molar refractivity (Wildman–Crippen MR) is 135 cm³/mol. The number of nitrogens with one attached hydrogen (secondary N) is 1. The number of carboxylic acid groups (broad SMARTS) is 1. The maximum absolute atomic E-state index is 14.0. The van der Waals surface area contributed by atoms with Crippen molar-refractivity contribution in [2.75, 3.05) is 19.7 Å². The Balaban J connectivity index is 1.17. The zero-order valence-electron chi connectivity index (χ0n) is 21.8. The van der Waals surface area contributed by atoms with E-state index in [2.05, 4.69) is 10.2 Å². The first kappa shape index (κ1) is 28.5. The molecule has 3 fully saturated rings. The van der Waals surface area contributed by atoms with Gasteiger partial charge in [0.05, 0.1) is 17.7 Å². The van der Waals surface area contributed by atoms with Crippen LogP contribution in [0.3, 0.4) is 0 Å². The average Bonchev–Trinajstić information content (AvgIpc) is 3.77. The van der Waals surface area contributed by atoms with Gasteiger partial charge in [0.25, 0.3) is 5.91 Å². The molecule has 0 spiro atoms. The van der Waals surface area contributed by atoms with Crippen LogP contribution in [0.25, 0.3) is 0 Å². The Kier molecular flexibility index (Phi) is 7.89. The van der Waals surface area contributed by atoms with Crippen LogP contribution >= 0.6 is 0 Å². The van der Waals surface area contributed by atoms with Gasteiger partial charge in [0.15, 0.2) is 0 Å². The van der Waals surface area contributed by atoms with E-state index in [0.717, 1.165) is 57.0 Å². The van der Waals surface area contributed by atoms with Crippen molar-refractivity contribution in [1.29, 1.82) is 0 Å². The number of carbonyl (C=O) groups excluding carboxylic acids is 1. The third-order valence-electron chi connectivity index (χ3n) is 8.43. The van der Waals surface area contributed by atoms with Crippen LogP contribution in [-0.4, -0.2) is 53.2 Å². The second-order valence-corrected chi connectivity index (χ2v) is 11.1. The number of benzene rings is 2. The van der Waals surface area contributed by atoms with Gasteiger partial charge in [-0.1, -0.05) is 0 Å². The highest BCUT2D eigenvalue weighted by molar-refractivity contribution is 5.88. The van der Waals surface area contributed by atoms with Gasteiger partial charge < -0.3 is 15.2 Å². The molecule has 1 aliphatic carbocycles. The van der Waals surface area contributed by atoms with E-state index >= 15 is 0 Å². The minimum Gasteiger partial charge on any atom is -0.478 e. The molecule has 1 amide bonds. The van der Waals surface area contributed by atoms with E-state index in [1.165, 1.54) is 12.1 Å².